The van der Waals surface area contributed by atoms with Gasteiger partial charge in [-0.25, -0.2) is 0 Å². The number of ketones is 1. The van der Waals surface area contributed by atoms with E-state index in [1.165, 1.54) is 11.1 Å². The first-order valence-corrected chi connectivity index (χ1v) is 6.44. The number of methoxy groups -OCH3 is 1. The van der Waals surface area contributed by atoms with E-state index in [4.69, 9.17) is 4.74 Å². The highest BCUT2D eigenvalue weighted by molar-refractivity contribution is 5.98. The fraction of sp³-hybridized carbons (Fsp3) is 0.438. The molecule has 18 heavy (non-hydrogen) atoms. The second-order valence-corrected chi connectivity index (χ2v) is 5.20. The average Bonchev–Trinajstić information content (AvgIpc) is 2.69. The van der Waals surface area contributed by atoms with Crippen LogP contribution >= 0.6 is 0 Å². The molecule has 96 valence electrons. The number of hydrogen-bond donors (Lipinski definition) is 0. The Morgan fingerprint density at radius 3 is 2.61 bits per heavy atom. The summed E-state index contributed by atoms with van der Waals surface area (Å²) in [4.78, 5) is 11.6. The van der Waals surface area contributed by atoms with Gasteiger partial charge in [-0.3, -0.25) is 4.79 Å². The Balaban J connectivity index is 2.38. The van der Waals surface area contributed by atoms with Crippen LogP contribution in [-0.4, -0.2) is 12.9 Å². The van der Waals surface area contributed by atoms with E-state index in [-0.39, 0.29) is 11.7 Å². The largest absolute Gasteiger partial charge is 0.496 e. The Bertz CT molecular complexity index is 486. The van der Waals surface area contributed by atoms with Gasteiger partial charge in [-0.2, -0.15) is 0 Å². The van der Waals surface area contributed by atoms with Crippen molar-refractivity contribution in [3.63, 3.8) is 0 Å². The first-order valence-electron chi connectivity index (χ1n) is 6.44. The predicted octanol–water partition coefficient (Wildman–Crippen LogP) is 3.82. The molecular weight excluding hydrogens is 224 g/mol. The van der Waals surface area contributed by atoms with Crippen molar-refractivity contribution in [2.45, 2.75) is 38.5 Å². The molecule has 1 unspecified atom stereocenters. The molecule has 1 aliphatic rings. The Kier molecular flexibility index (Phi) is 3.55. The first kappa shape index (κ1) is 12.9. The highest BCUT2D eigenvalue weighted by Gasteiger charge is 2.28. The Hall–Kier alpha value is -1.57. The van der Waals surface area contributed by atoms with Crippen molar-refractivity contribution < 1.29 is 9.53 Å². The maximum atomic E-state index is 11.6. The summed E-state index contributed by atoms with van der Waals surface area (Å²) in [6, 6.07) is 6.22. The third kappa shape index (κ3) is 2.20. The van der Waals surface area contributed by atoms with Gasteiger partial charge in [0.1, 0.15) is 5.75 Å². The highest BCUT2D eigenvalue weighted by atomic mass is 16.5. The highest BCUT2D eigenvalue weighted by Crippen LogP contribution is 2.38. The molecule has 1 saturated carbocycles. The molecule has 1 fully saturated rings. The summed E-state index contributed by atoms with van der Waals surface area (Å²) in [5.41, 5.74) is 3.15. The van der Waals surface area contributed by atoms with Crippen LogP contribution in [0.15, 0.2) is 30.4 Å². The van der Waals surface area contributed by atoms with Crippen LogP contribution < -0.4 is 4.74 Å². The summed E-state index contributed by atoms with van der Waals surface area (Å²) < 4.78 is 5.38. The second kappa shape index (κ2) is 4.97. The van der Waals surface area contributed by atoms with Crippen LogP contribution in [0.1, 0.15) is 49.7 Å². The number of Topliss-reactive ketones (excluding diaryl/α,β-unsaturated/α-hetero) is 1. The molecule has 0 N–H and O–H groups in total. The second-order valence-electron chi connectivity index (χ2n) is 5.20. The number of rotatable bonds is 3. The van der Waals surface area contributed by atoms with Crippen LogP contribution in [-0.2, 0) is 4.79 Å². The van der Waals surface area contributed by atoms with Gasteiger partial charge in [0.25, 0.3) is 0 Å². The zero-order valence-corrected chi connectivity index (χ0v) is 11.3. The summed E-state index contributed by atoms with van der Waals surface area (Å²) >= 11 is 0. The van der Waals surface area contributed by atoms with Crippen LogP contribution in [0.4, 0.5) is 0 Å². The topological polar surface area (TPSA) is 26.3 Å². The fourth-order valence-corrected chi connectivity index (χ4v) is 2.59. The third-order valence-electron chi connectivity index (χ3n) is 3.72. The molecule has 0 aromatic heterocycles. The van der Waals surface area contributed by atoms with Gasteiger partial charge < -0.3 is 4.74 Å². The van der Waals surface area contributed by atoms with Crippen LogP contribution in [0.2, 0.25) is 0 Å². The first-order chi connectivity index (χ1) is 8.54. The molecule has 0 bridgehead atoms. The lowest BCUT2D eigenvalue weighted by Gasteiger charge is -2.17. The number of ether oxygens (including phenoxy) is 1. The molecule has 0 amide bonds. The molecule has 0 radical (unpaired) electrons. The van der Waals surface area contributed by atoms with Crippen LogP contribution in [0.25, 0.3) is 0 Å². The lowest BCUT2D eigenvalue weighted by Crippen LogP contribution is -2.01. The molecule has 2 rings (SSSR count). The van der Waals surface area contributed by atoms with Crippen molar-refractivity contribution >= 4 is 5.78 Å². The van der Waals surface area contributed by atoms with Gasteiger partial charge in [0.2, 0.25) is 0 Å². The molecule has 2 heteroatoms. The predicted molar refractivity (Wildman–Crippen MR) is 73.2 cm³/mol. The zero-order chi connectivity index (χ0) is 13.3. The summed E-state index contributed by atoms with van der Waals surface area (Å²) in [5, 5.41) is 0. The lowest BCUT2D eigenvalue weighted by atomic mass is 9.90. The van der Waals surface area contributed by atoms with Crippen molar-refractivity contribution in [3.05, 3.63) is 41.5 Å². The van der Waals surface area contributed by atoms with Gasteiger partial charge in [-0.1, -0.05) is 32.6 Å². The molecule has 0 saturated heterocycles. The molecule has 1 aliphatic carbocycles. The van der Waals surface area contributed by atoms with Crippen molar-refractivity contribution in [2.75, 3.05) is 7.11 Å². The van der Waals surface area contributed by atoms with Crippen molar-refractivity contribution in [2.24, 2.45) is 0 Å². The minimum Gasteiger partial charge on any atom is -0.496 e. The summed E-state index contributed by atoms with van der Waals surface area (Å²) in [6.45, 7) is 8.23. The normalized spacial score (nSPS) is 19.7. The van der Waals surface area contributed by atoms with Gasteiger partial charge in [0.05, 0.1) is 7.11 Å². The van der Waals surface area contributed by atoms with Gasteiger partial charge in [-0.15, -0.1) is 0 Å². The third-order valence-corrected chi connectivity index (χ3v) is 3.72. The van der Waals surface area contributed by atoms with Crippen LogP contribution in [0.3, 0.4) is 0 Å². The summed E-state index contributed by atoms with van der Waals surface area (Å²) in [5.74, 6) is 1.73. The van der Waals surface area contributed by atoms with Crippen molar-refractivity contribution in [1.82, 2.24) is 0 Å². The van der Waals surface area contributed by atoms with E-state index in [9.17, 15) is 4.79 Å². The maximum Gasteiger partial charge on any atom is 0.158 e. The van der Waals surface area contributed by atoms with Gasteiger partial charge in [0.15, 0.2) is 5.78 Å². The molecule has 2 nitrogen and oxygen atoms in total. The zero-order valence-electron chi connectivity index (χ0n) is 11.3. The van der Waals surface area contributed by atoms with E-state index in [1.807, 2.05) is 6.07 Å². The number of allylic oxidation sites excluding steroid dienone is 1. The van der Waals surface area contributed by atoms with Gasteiger partial charge >= 0.3 is 0 Å². The van der Waals surface area contributed by atoms with E-state index in [1.54, 1.807) is 7.11 Å². The minimum absolute atomic E-state index is 0.195. The average molecular weight is 244 g/mol. The molecule has 1 aromatic rings. The van der Waals surface area contributed by atoms with Gasteiger partial charge in [0, 0.05) is 12.3 Å². The summed E-state index contributed by atoms with van der Waals surface area (Å²) in [6.07, 6.45) is 1.52. The Labute approximate surface area is 109 Å². The quantitative estimate of drug-likeness (QED) is 0.755. The lowest BCUT2D eigenvalue weighted by molar-refractivity contribution is -0.114. The molecule has 1 atom stereocenters. The van der Waals surface area contributed by atoms with Crippen LogP contribution in [0, 0.1) is 0 Å². The number of carbonyl (C=O) groups excluding carboxylic acids is 1. The van der Waals surface area contributed by atoms with E-state index >= 15 is 0 Å². The molecular formula is C16H20O2. The van der Waals surface area contributed by atoms with E-state index < -0.39 is 0 Å². The molecule has 0 heterocycles. The van der Waals surface area contributed by atoms with Crippen molar-refractivity contribution in [3.8, 4) is 5.75 Å². The van der Waals surface area contributed by atoms with Gasteiger partial charge in [-0.05, 0) is 35.1 Å². The summed E-state index contributed by atoms with van der Waals surface area (Å²) in [7, 11) is 1.69. The monoisotopic (exact) mass is 244 g/mol. The van der Waals surface area contributed by atoms with Crippen LogP contribution in [0.5, 0.6) is 5.75 Å². The van der Waals surface area contributed by atoms with E-state index in [0.29, 0.717) is 12.3 Å². The SMILES string of the molecule is C=C1C(=O)CCC1c1ccc(OC)c(C(C)C)c1. The standard InChI is InChI=1S/C16H20O2/c1-10(2)14-9-12(5-8-16(14)18-4)13-6-7-15(17)11(13)3/h5,8-10,13H,3,6-7H2,1-2,4H3. The molecule has 0 aliphatic heterocycles. The Morgan fingerprint density at radius 2 is 2.11 bits per heavy atom. The minimum atomic E-state index is 0.195. The van der Waals surface area contributed by atoms with E-state index in [2.05, 4.69) is 32.6 Å². The number of hydrogen-bond acceptors (Lipinski definition) is 2. The van der Waals surface area contributed by atoms with E-state index in [0.717, 1.165) is 17.7 Å². The maximum absolute atomic E-state index is 11.6. The fourth-order valence-electron chi connectivity index (χ4n) is 2.59. The molecule has 1 aromatic carbocycles. The smallest absolute Gasteiger partial charge is 0.158 e. The number of carbonyl (C=O) groups is 1. The Morgan fingerprint density at radius 1 is 1.39 bits per heavy atom. The molecule has 0 spiro atoms. The van der Waals surface area contributed by atoms with Crippen molar-refractivity contribution in [1.29, 1.82) is 0 Å². The number of benzene rings is 1.